The van der Waals surface area contributed by atoms with E-state index >= 15 is 0 Å². The van der Waals surface area contributed by atoms with Gasteiger partial charge in [-0.15, -0.1) is 0 Å². The molecule has 58 valence electrons. The Labute approximate surface area is 64.3 Å². The maximum atomic E-state index is 2.41. The van der Waals surface area contributed by atoms with Crippen LogP contribution in [0.15, 0.2) is 11.6 Å². The molecule has 0 unspecified atom stereocenters. The van der Waals surface area contributed by atoms with Gasteiger partial charge in [0.25, 0.3) is 0 Å². The second kappa shape index (κ2) is 2.77. The van der Waals surface area contributed by atoms with E-state index in [1.807, 2.05) is 0 Å². The van der Waals surface area contributed by atoms with E-state index in [1.165, 1.54) is 25.7 Å². The van der Waals surface area contributed by atoms with Gasteiger partial charge in [-0.2, -0.15) is 0 Å². The molecule has 0 aromatic carbocycles. The van der Waals surface area contributed by atoms with Crippen molar-refractivity contribution in [3.63, 3.8) is 0 Å². The Bertz CT molecular complexity index is 140. The first-order valence-electron chi connectivity index (χ1n) is 4.30. The molecule has 0 saturated heterocycles. The van der Waals surface area contributed by atoms with Crippen LogP contribution in [-0.4, -0.2) is 0 Å². The van der Waals surface area contributed by atoms with Gasteiger partial charge in [0.1, 0.15) is 0 Å². The normalized spacial score (nSPS) is 25.3. The molecule has 1 aliphatic rings. The predicted molar refractivity (Wildman–Crippen MR) is 46.0 cm³/mol. The van der Waals surface area contributed by atoms with Crippen LogP contribution in [0, 0.1) is 5.41 Å². The van der Waals surface area contributed by atoms with Crippen molar-refractivity contribution in [2.75, 3.05) is 0 Å². The van der Waals surface area contributed by atoms with Crippen LogP contribution in [0.4, 0.5) is 0 Å². The van der Waals surface area contributed by atoms with Crippen molar-refractivity contribution in [3.8, 4) is 0 Å². The topological polar surface area (TPSA) is 0 Å². The van der Waals surface area contributed by atoms with E-state index in [0.717, 1.165) is 0 Å². The lowest BCUT2D eigenvalue weighted by atomic mass is 9.82. The zero-order chi connectivity index (χ0) is 7.61. The van der Waals surface area contributed by atoms with Crippen molar-refractivity contribution in [3.05, 3.63) is 11.6 Å². The monoisotopic (exact) mass is 138 g/mol. The molecule has 10 heavy (non-hydrogen) atoms. The summed E-state index contributed by atoms with van der Waals surface area (Å²) in [5.41, 5.74) is 2.07. The molecule has 0 nitrogen and oxygen atoms in total. The lowest BCUT2D eigenvalue weighted by Gasteiger charge is -2.23. The Morgan fingerprint density at radius 3 is 2.70 bits per heavy atom. The minimum Gasteiger partial charge on any atom is -0.0851 e. The summed E-state index contributed by atoms with van der Waals surface area (Å²) in [6.45, 7) is 6.97. The fourth-order valence-electron chi connectivity index (χ4n) is 1.50. The average Bonchev–Trinajstić information content (AvgIpc) is 1.96. The van der Waals surface area contributed by atoms with Crippen molar-refractivity contribution in [1.29, 1.82) is 0 Å². The Kier molecular flexibility index (Phi) is 2.18. The van der Waals surface area contributed by atoms with E-state index in [-0.39, 0.29) is 0 Å². The van der Waals surface area contributed by atoms with Gasteiger partial charge < -0.3 is 0 Å². The van der Waals surface area contributed by atoms with Crippen LogP contribution < -0.4 is 0 Å². The average molecular weight is 138 g/mol. The predicted octanol–water partition coefficient (Wildman–Crippen LogP) is 3.53. The highest BCUT2D eigenvalue weighted by Gasteiger charge is 2.20. The van der Waals surface area contributed by atoms with Crippen LogP contribution in [0.5, 0.6) is 0 Å². The third-order valence-electron chi connectivity index (χ3n) is 2.77. The Hall–Kier alpha value is -0.260. The summed E-state index contributed by atoms with van der Waals surface area (Å²) in [5.74, 6) is 0. The fraction of sp³-hybridized carbons (Fsp3) is 0.800. The van der Waals surface area contributed by atoms with Crippen LogP contribution in [0.25, 0.3) is 0 Å². The largest absolute Gasteiger partial charge is 0.0851 e. The fourth-order valence-corrected chi connectivity index (χ4v) is 1.50. The second-order valence-electron chi connectivity index (χ2n) is 4.02. The quantitative estimate of drug-likeness (QED) is 0.449. The van der Waals surface area contributed by atoms with E-state index in [2.05, 4.69) is 26.8 Å². The Morgan fingerprint density at radius 1 is 1.30 bits per heavy atom. The van der Waals surface area contributed by atoms with Crippen LogP contribution in [0.2, 0.25) is 0 Å². The Morgan fingerprint density at radius 2 is 2.00 bits per heavy atom. The van der Waals surface area contributed by atoms with Crippen molar-refractivity contribution in [2.24, 2.45) is 5.41 Å². The van der Waals surface area contributed by atoms with Gasteiger partial charge in [-0.25, -0.2) is 0 Å². The van der Waals surface area contributed by atoms with Gasteiger partial charge in [0.05, 0.1) is 0 Å². The molecule has 0 amide bonds. The van der Waals surface area contributed by atoms with Gasteiger partial charge in [-0.1, -0.05) is 31.9 Å². The summed E-state index contributed by atoms with van der Waals surface area (Å²) in [5, 5.41) is 0. The van der Waals surface area contributed by atoms with Crippen molar-refractivity contribution >= 4 is 0 Å². The molecule has 1 aliphatic carbocycles. The lowest BCUT2D eigenvalue weighted by molar-refractivity contribution is 0.400. The van der Waals surface area contributed by atoms with Crippen LogP contribution in [0.3, 0.4) is 0 Å². The molecule has 0 heteroatoms. The van der Waals surface area contributed by atoms with Gasteiger partial charge in [0.15, 0.2) is 0 Å². The van der Waals surface area contributed by atoms with Crippen LogP contribution >= 0.6 is 0 Å². The van der Waals surface area contributed by atoms with E-state index in [9.17, 15) is 0 Å². The number of hydrogen-bond acceptors (Lipinski definition) is 0. The molecule has 0 aromatic heterocycles. The van der Waals surface area contributed by atoms with E-state index < -0.39 is 0 Å². The van der Waals surface area contributed by atoms with Crippen molar-refractivity contribution in [1.82, 2.24) is 0 Å². The summed E-state index contributed by atoms with van der Waals surface area (Å²) in [6, 6.07) is 0. The molecule has 0 spiro atoms. The van der Waals surface area contributed by atoms with Gasteiger partial charge in [0.2, 0.25) is 0 Å². The van der Waals surface area contributed by atoms with Gasteiger partial charge in [0, 0.05) is 0 Å². The van der Waals surface area contributed by atoms with Crippen molar-refractivity contribution < 1.29 is 0 Å². The van der Waals surface area contributed by atoms with E-state index in [0.29, 0.717) is 5.41 Å². The molecular formula is C10H18. The molecule has 0 bridgehead atoms. The highest BCUT2D eigenvalue weighted by atomic mass is 14.3. The third-order valence-corrected chi connectivity index (χ3v) is 2.77. The Balaban J connectivity index is 2.70. The maximum Gasteiger partial charge on any atom is -0.0147 e. The molecule has 0 aliphatic heterocycles. The molecule has 0 radical (unpaired) electrons. The molecule has 0 N–H and O–H groups in total. The molecular weight excluding hydrogens is 120 g/mol. The summed E-state index contributed by atoms with van der Waals surface area (Å²) < 4.78 is 0. The second-order valence-corrected chi connectivity index (χ2v) is 4.02. The molecule has 0 fully saturated rings. The number of hydrogen-bond donors (Lipinski definition) is 0. The van der Waals surface area contributed by atoms with Gasteiger partial charge >= 0.3 is 0 Å². The molecule has 0 saturated carbocycles. The highest BCUT2D eigenvalue weighted by Crippen LogP contribution is 2.34. The summed E-state index contributed by atoms with van der Waals surface area (Å²) in [4.78, 5) is 0. The highest BCUT2D eigenvalue weighted by molar-refractivity contribution is 5.10. The summed E-state index contributed by atoms with van der Waals surface area (Å²) >= 11 is 0. The smallest absolute Gasteiger partial charge is 0.0147 e. The van der Waals surface area contributed by atoms with Crippen LogP contribution in [-0.2, 0) is 0 Å². The maximum absolute atomic E-state index is 2.41. The van der Waals surface area contributed by atoms with Gasteiger partial charge in [-0.3, -0.25) is 0 Å². The first kappa shape index (κ1) is 7.84. The summed E-state index contributed by atoms with van der Waals surface area (Å²) in [7, 11) is 0. The van der Waals surface area contributed by atoms with Crippen LogP contribution in [0.1, 0.15) is 46.5 Å². The SMILES string of the molecule is CC1=CCCCCC1(C)C. The van der Waals surface area contributed by atoms with E-state index in [1.54, 1.807) is 5.57 Å². The number of allylic oxidation sites excluding steroid dienone is 2. The molecule has 0 heterocycles. The first-order chi connectivity index (χ1) is 4.63. The molecule has 1 rings (SSSR count). The van der Waals surface area contributed by atoms with Crippen molar-refractivity contribution in [2.45, 2.75) is 46.5 Å². The van der Waals surface area contributed by atoms with Gasteiger partial charge in [-0.05, 0) is 31.6 Å². The molecule has 0 atom stereocenters. The zero-order valence-corrected chi connectivity index (χ0v) is 7.41. The lowest BCUT2D eigenvalue weighted by Crippen LogP contribution is -2.11. The third kappa shape index (κ3) is 1.62. The number of rotatable bonds is 0. The molecule has 0 aromatic rings. The summed E-state index contributed by atoms with van der Waals surface area (Å²) in [6.07, 6.45) is 7.87. The minimum atomic E-state index is 0.483. The minimum absolute atomic E-state index is 0.483. The van der Waals surface area contributed by atoms with E-state index in [4.69, 9.17) is 0 Å². The first-order valence-corrected chi connectivity index (χ1v) is 4.30. The zero-order valence-electron chi connectivity index (χ0n) is 7.41. The standard InChI is InChI=1S/C10H18/c1-9-7-5-4-6-8-10(9,2)3/h7H,4-6,8H2,1-3H3.